The van der Waals surface area contributed by atoms with Gasteiger partial charge in [-0.1, -0.05) is 30.0 Å². The molecule has 6 nitrogen and oxygen atoms in total. The van der Waals surface area contributed by atoms with Gasteiger partial charge in [0.25, 0.3) is 0 Å². The van der Waals surface area contributed by atoms with Gasteiger partial charge in [0.1, 0.15) is 5.82 Å². The number of halogens is 1. The second-order valence-corrected chi connectivity index (χ2v) is 7.55. The average Bonchev–Trinajstić information content (AvgIpc) is 3.24. The van der Waals surface area contributed by atoms with Crippen LogP contribution in [0.2, 0.25) is 0 Å². The van der Waals surface area contributed by atoms with E-state index in [4.69, 9.17) is 5.84 Å². The summed E-state index contributed by atoms with van der Waals surface area (Å²) in [4.78, 5) is 13.3. The lowest BCUT2D eigenvalue weighted by atomic mass is 10.2. The number of nitrogens with zero attached hydrogens (tertiary/aromatic N) is 3. The molecule has 0 aliphatic carbocycles. The normalized spacial score (nSPS) is 12.1. The van der Waals surface area contributed by atoms with Crippen LogP contribution in [0.5, 0.6) is 0 Å². The van der Waals surface area contributed by atoms with Crippen LogP contribution < -0.4 is 11.2 Å². The van der Waals surface area contributed by atoms with Crippen LogP contribution in [0.25, 0.3) is 11.4 Å². The maximum absolute atomic E-state index is 13.9. The molecule has 0 aliphatic heterocycles. The van der Waals surface area contributed by atoms with Crippen LogP contribution >= 0.6 is 23.1 Å². The number of amides is 1. The van der Waals surface area contributed by atoms with Crippen molar-refractivity contribution >= 4 is 29.0 Å². The molecule has 9 heteroatoms. The van der Waals surface area contributed by atoms with Crippen LogP contribution in [0.1, 0.15) is 11.8 Å². The van der Waals surface area contributed by atoms with E-state index in [1.165, 1.54) is 22.5 Å². The highest BCUT2D eigenvalue weighted by molar-refractivity contribution is 8.00. The zero-order valence-electron chi connectivity index (χ0n) is 13.3. The third-order valence-corrected chi connectivity index (χ3v) is 5.38. The summed E-state index contributed by atoms with van der Waals surface area (Å²) in [6.07, 6.45) is 0. The number of carbonyl (C=O) groups is 1. The second-order valence-electron chi connectivity index (χ2n) is 5.21. The van der Waals surface area contributed by atoms with Crippen molar-refractivity contribution in [3.05, 3.63) is 52.5 Å². The molecule has 2 heterocycles. The van der Waals surface area contributed by atoms with Crippen LogP contribution in [0.15, 0.2) is 46.9 Å². The van der Waals surface area contributed by atoms with Crippen molar-refractivity contribution in [1.82, 2.24) is 20.2 Å². The summed E-state index contributed by atoms with van der Waals surface area (Å²) >= 11 is 2.75. The Hall–Kier alpha value is -2.39. The summed E-state index contributed by atoms with van der Waals surface area (Å²) in [5.41, 5.74) is 0.263. The maximum Gasteiger partial charge on any atom is 0.233 e. The van der Waals surface area contributed by atoms with E-state index in [2.05, 4.69) is 15.5 Å². The molecule has 1 aromatic carbocycles. The van der Waals surface area contributed by atoms with E-state index < -0.39 is 11.1 Å². The predicted octanol–water partition coefficient (Wildman–Crippen LogP) is 2.66. The van der Waals surface area contributed by atoms with Gasteiger partial charge in [0.15, 0.2) is 5.82 Å². The maximum atomic E-state index is 13.9. The second kappa shape index (κ2) is 7.66. The van der Waals surface area contributed by atoms with E-state index in [0.717, 1.165) is 4.88 Å². The molecule has 0 fully saturated rings. The number of nitrogen functional groups attached to an aromatic ring is 1. The summed E-state index contributed by atoms with van der Waals surface area (Å²) in [7, 11) is 0. The van der Waals surface area contributed by atoms with Gasteiger partial charge in [-0.05, 0) is 30.5 Å². The molecule has 3 N–H and O–H groups in total. The van der Waals surface area contributed by atoms with Gasteiger partial charge in [0, 0.05) is 4.88 Å². The van der Waals surface area contributed by atoms with E-state index in [1.807, 2.05) is 17.5 Å². The monoisotopic (exact) mass is 377 g/mol. The molecule has 1 amide bonds. The van der Waals surface area contributed by atoms with Crippen molar-refractivity contribution in [2.75, 3.05) is 5.84 Å². The molecule has 2 aromatic heterocycles. The molecular formula is C16H16FN5OS2. The van der Waals surface area contributed by atoms with Crippen molar-refractivity contribution in [2.45, 2.75) is 23.9 Å². The Bertz CT molecular complexity index is 865. The molecule has 0 unspecified atom stereocenters. The number of nitrogens with two attached hydrogens (primary N) is 1. The number of thiophene rings is 1. The third-order valence-electron chi connectivity index (χ3n) is 3.45. The quantitative estimate of drug-likeness (QED) is 0.509. The van der Waals surface area contributed by atoms with Crippen molar-refractivity contribution in [3.8, 4) is 11.4 Å². The number of hydrogen-bond donors (Lipinski definition) is 2. The Labute approximate surface area is 152 Å². The van der Waals surface area contributed by atoms with Gasteiger partial charge >= 0.3 is 0 Å². The average molecular weight is 377 g/mol. The fraction of sp³-hybridized carbons (Fsp3) is 0.188. The first-order valence-electron chi connectivity index (χ1n) is 7.48. The van der Waals surface area contributed by atoms with Gasteiger partial charge in [-0.3, -0.25) is 4.79 Å². The lowest BCUT2D eigenvalue weighted by Gasteiger charge is -2.11. The zero-order valence-corrected chi connectivity index (χ0v) is 15.0. The summed E-state index contributed by atoms with van der Waals surface area (Å²) in [5.74, 6) is 5.63. The van der Waals surface area contributed by atoms with Crippen molar-refractivity contribution in [1.29, 1.82) is 0 Å². The smallest absolute Gasteiger partial charge is 0.233 e. The van der Waals surface area contributed by atoms with Gasteiger partial charge < -0.3 is 11.2 Å². The first kappa shape index (κ1) is 17.4. The van der Waals surface area contributed by atoms with E-state index in [0.29, 0.717) is 11.7 Å². The van der Waals surface area contributed by atoms with E-state index >= 15 is 0 Å². The fourth-order valence-corrected chi connectivity index (χ4v) is 3.57. The molecule has 25 heavy (non-hydrogen) atoms. The zero-order chi connectivity index (χ0) is 17.8. The number of thioether (sulfide) groups is 1. The highest BCUT2D eigenvalue weighted by Crippen LogP contribution is 2.26. The number of nitrogens with one attached hydrogen (secondary N) is 1. The van der Waals surface area contributed by atoms with Crippen LogP contribution in [0.3, 0.4) is 0 Å². The number of aromatic nitrogens is 3. The molecule has 3 rings (SSSR count). The first-order valence-corrected chi connectivity index (χ1v) is 9.24. The predicted molar refractivity (Wildman–Crippen MR) is 97.1 cm³/mol. The highest BCUT2D eigenvalue weighted by Gasteiger charge is 2.20. The summed E-state index contributed by atoms with van der Waals surface area (Å²) in [6, 6.07) is 10.1. The molecule has 0 saturated heterocycles. The minimum absolute atomic E-state index is 0.131. The van der Waals surface area contributed by atoms with Crippen LogP contribution in [-0.4, -0.2) is 26.0 Å². The largest absolute Gasteiger partial charge is 0.350 e. The van der Waals surface area contributed by atoms with Crippen molar-refractivity contribution < 1.29 is 9.18 Å². The van der Waals surface area contributed by atoms with Gasteiger partial charge in [-0.2, -0.15) is 0 Å². The third kappa shape index (κ3) is 3.99. The van der Waals surface area contributed by atoms with Crippen molar-refractivity contribution in [3.63, 3.8) is 0 Å². The summed E-state index contributed by atoms with van der Waals surface area (Å²) in [5, 5.41) is 12.7. The Morgan fingerprint density at radius 3 is 2.88 bits per heavy atom. The summed E-state index contributed by atoms with van der Waals surface area (Å²) in [6.45, 7) is 2.24. The molecule has 0 radical (unpaired) electrons. The molecule has 0 bridgehead atoms. The van der Waals surface area contributed by atoms with E-state index in [1.54, 1.807) is 36.5 Å². The number of carbonyl (C=O) groups excluding carboxylic acids is 1. The molecular weight excluding hydrogens is 361 g/mol. The number of rotatable bonds is 6. The molecule has 0 saturated carbocycles. The minimum atomic E-state index is -0.431. The molecule has 0 spiro atoms. The fourth-order valence-electron chi connectivity index (χ4n) is 2.13. The van der Waals surface area contributed by atoms with Gasteiger partial charge in [0.2, 0.25) is 11.1 Å². The van der Waals surface area contributed by atoms with E-state index in [-0.39, 0.29) is 17.3 Å². The standard InChI is InChI=1S/C16H16FN5OS2/c1-10(15(23)19-9-11-5-4-8-24-11)25-16-21-20-14(22(16)18)12-6-2-3-7-13(12)17/h2-8,10H,9,18H2,1H3,(H,19,23)/t10-/m1/s1. The Morgan fingerprint density at radius 2 is 2.16 bits per heavy atom. The molecule has 130 valence electrons. The van der Waals surface area contributed by atoms with Crippen LogP contribution in [-0.2, 0) is 11.3 Å². The molecule has 3 aromatic rings. The summed E-state index contributed by atoms with van der Waals surface area (Å²) < 4.78 is 15.1. The van der Waals surface area contributed by atoms with Crippen molar-refractivity contribution in [2.24, 2.45) is 0 Å². The van der Waals surface area contributed by atoms with Gasteiger partial charge in [-0.25, -0.2) is 9.07 Å². The topological polar surface area (TPSA) is 85.8 Å². The van der Waals surface area contributed by atoms with Gasteiger partial charge in [0.05, 0.1) is 17.4 Å². The SMILES string of the molecule is C[C@@H](Sc1nnc(-c2ccccc2F)n1N)C(=O)NCc1cccs1. The minimum Gasteiger partial charge on any atom is -0.350 e. The lowest BCUT2D eigenvalue weighted by Crippen LogP contribution is -2.30. The molecule has 0 aliphatic rings. The Kier molecular flexibility index (Phi) is 5.34. The van der Waals surface area contributed by atoms with E-state index in [9.17, 15) is 9.18 Å². The highest BCUT2D eigenvalue weighted by atomic mass is 32.2. The van der Waals surface area contributed by atoms with Gasteiger partial charge in [-0.15, -0.1) is 21.5 Å². The first-order chi connectivity index (χ1) is 12.1. The number of hydrogen-bond acceptors (Lipinski definition) is 6. The Balaban J connectivity index is 1.67. The van der Waals surface area contributed by atoms with Crippen LogP contribution in [0, 0.1) is 5.82 Å². The molecule has 1 atom stereocenters. The lowest BCUT2D eigenvalue weighted by molar-refractivity contribution is -0.120. The number of benzene rings is 1. The Morgan fingerprint density at radius 1 is 1.36 bits per heavy atom. The van der Waals surface area contributed by atoms with Crippen LogP contribution in [0.4, 0.5) is 4.39 Å².